The van der Waals surface area contributed by atoms with Crippen molar-refractivity contribution in [3.8, 4) is 0 Å². The topological polar surface area (TPSA) is 122 Å². The molecule has 0 aromatic rings. The lowest BCUT2D eigenvalue weighted by Gasteiger charge is -2.40. The molecule has 0 bridgehead atoms. The predicted molar refractivity (Wildman–Crippen MR) is 87.2 cm³/mol. The van der Waals surface area contributed by atoms with Crippen LogP contribution in [0.5, 0.6) is 0 Å². The average Bonchev–Trinajstić information content (AvgIpc) is 2.81. The normalized spacial score (nSPS) is 16.7. The van der Waals surface area contributed by atoms with E-state index in [1.807, 2.05) is 27.7 Å². The molecule has 24 heavy (non-hydrogen) atoms. The Balaban J connectivity index is 2.47. The van der Waals surface area contributed by atoms with Gasteiger partial charge < -0.3 is 15.3 Å². The number of aliphatic hydroxyl groups excluding tert-OH is 1. The van der Waals surface area contributed by atoms with Gasteiger partial charge in [-0.2, -0.15) is 0 Å². The SMILES string of the molecule is CC(C)(CNC(=O)CCN1C(=O)C=CC1=O)C(O)C(C)(C)CON. The number of rotatable bonds is 9. The van der Waals surface area contributed by atoms with E-state index in [-0.39, 0.29) is 32.0 Å². The molecule has 8 nitrogen and oxygen atoms in total. The first-order valence-corrected chi connectivity index (χ1v) is 7.81. The highest BCUT2D eigenvalue weighted by Crippen LogP contribution is 2.33. The smallest absolute Gasteiger partial charge is 0.253 e. The molecule has 0 spiro atoms. The molecule has 1 atom stereocenters. The van der Waals surface area contributed by atoms with E-state index in [1.54, 1.807) is 0 Å². The average molecular weight is 341 g/mol. The number of amides is 3. The fourth-order valence-corrected chi connectivity index (χ4v) is 2.73. The number of hydrogen-bond acceptors (Lipinski definition) is 6. The van der Waals surface area contributed by atoms with Crippen molar-refractivity contribution in [2.75, 3.05) is 19.7 Å². The molecule has 1 rings (SSSR count). The lowest BCUT2D eigenvalue weighted by molar-refractivity contribution is -0.137. The van der Waals surface area contributed by atoms with Crippen LogP contribution in [-0.2, 0) is 19.2 Å². The summed E-state index contributed by atoms with van der Waals surface area (Å²) in [6.45, 7) is 7.75. The summed E-state index contributed by atoms with van der Waals surface area (Å²) in [6.07, 6.45) is 1.61. The minimum absolute atomic E-state index is 0.0145. The third-order valence-corrected chi connectivity index (χ3v) is 4.14. The molecule has 0 aliphatic carbocycles. The summed E-state index contributed by atoms with van der Waals surface area (Å²) in [5.41, 5.74) is -1.19. The number of carbonyl (C=O) groups excluding carboxylic acids is 3. The fourth-order valence-electron chi connectivity index (χ4n) is 2.73. The molecule has 1 aliphatic rings. The van der Waals surface area contributed by atoms with Gasteiger partial charge in [0.15, 0.2) is 0 Å². The molecular weight excluding hydrogens is 314 g/mol. The van der Waals surface area contributed by atoms with Crippen LogP contribution in [0.1, 0.15) is 34.1 Å². The standard InChI is InChI=1S/C16H27N3O5/c1-15(2,14(23)16(3,4)10-24-17)9-18-11(20)7-8-19-12(21)5-6-13(19)22/h5-6,14,23H,7-10,17H2,1-4H3,(H,18,20). The second-order valence-electron chi connectivity index (χ2n) is 7.38. The third kappa shape index (κ3) is 5.12. The number of imide groups is 1. The first-order chi connectivity index (χ1) is 11.0. The highest BCUT2D eigenvalue weighted by molar-refractivity contribution is 6.13. The number of hydrogen-bond donors (Lipinski definition) is 3. The third-order valence-electron chi connectivity index (χ3n) is 4.14. The van der Waals surface area contributed by atoms with Crippen molar-refractivity contribution in [3.63, 3.8) is 0 Å². The monoisotopic (exact) mass is 341 g/mol. The van der Waals surface area contributed by atoms with Crippen LogP contribution in [0.3, 0.4) is 0 Å². The molecule has 136 valence electrons. The molecule has 1 aliphatic heterocycles. The summed E-state index contributed by atoms with van der Waals surface area (Å²) in [7, 11) is 0. The van der Waals surface area contributed by atoms with Gasteiger partial charge in [0.25, 0.3) is 11.8 Å². The van der Waals surface area contributed by atoms with Crippen molar-refractivity contribution in [2.24, 2.45) is 16.7 Å². The molecule has 0 saturated heterocycles. The quantitative estimate of drug-likeness (QED) is 0.392. The van der Waals surface area contributed by atoms with Gasteiger partial charge in [-0.1, -0.05) is 27.7 Å². The summed E-state index contributed by atoms with van der Waals surface area (Å²) >= 11 is 0. The maximum atomic E-state index is 12.0. The Morgan fingerprint density at radius 3 is 2.29 bits per heavy atom. The summed E-state index contributed by atoms with van der Waals surface area (Å²) in [4.78, 5) is 40.4. The van der Waals surface area contributed by atoms with Crippen molar-refractivity contribution in [3.05, 3.63) is 12.2 Å². The second kappa shape index (κ2) is 7.87. The summed E-state index contributed by atoms with van der Waals surface area (Å²) in [5, 5.41) is 13.3. The van der Waals surface area contributed by atoms with Gasteiger partial charge in [0.2, 0.25) is 5.91 Å². The Labute approximate surface area is 142 Å². The van der Waals surface area contributed by atoms with Crippen LogP contribution >= 0.6 is 0 Å². The van der Waals surface area contributed by atoms with Crippen molar-refractivity contribution in [1.82, 2.24) is 10.2 Å². The van der Waals surface area contributed by atoms with E-state index in [2.05, 4.69) is 10.2 Å². The molecule has 8 heteroatoms. The first-order valence-electron chi connectivity index (χ1n) is 7.81. The van der Waals surface area contributed by atoms with Gasteiger partial charge in [-0.3, -0.25) is 19.3 Å². The number of nitrogens with zero attached hydrogens (tertiary/aromatic N) is 1. The Morgan fingerprint density at radius 1 is 1.25 bits per heavy atom. The summed E-state index contributed by atoms with van der Waals surface area (Å²) < 4.78 is 0. The predicted octanol–water partition coefficient (Wildman–Crippen LogP) is -0.279. The van der Waals surface area contributed by atoms with Crippen molar-refractivity contribution >= 4 is 17.7 Å². The minimum Gasteiger partial charge on any atom is -0.392 e. The fraction of sp³-hybridized carbons (Fsp3) is 0.688. The largest absolute Gasteiger partial charge is 0.392 e. The van der Waals surface area contributed by atoms with Gasteiger partial charge in [-0.05, 0) is 0 Å². The van der Waals surface area contributed by atoms with E-state index in [9.17, 15) is 19.5 Å². The molecule has 0 aromatic heterocycles. The van der Waals surface area contributed by atoms with Gasteiger partial charge >= 0.3 is 0 Å². The number of aliphatic hydroxyl groups is 1. The van der Waals surface area contributed by atoms with Crippen LogP contribution in [0.25, 0.3) is 0 Å². The maximum Gasteiger partial charge on any atom is 0.253 e. The van der Waals surface area contributed by atoms with Crippen LogP contribution < -0.4 is 11.2 Å². The lowest BCUT2D eigenvalue weighted by atomic mass is 9.72. The molecule has 0 saturated carbocycles. The van der Waals surface area contributed by atoms with Gasteiger partial charge in [0.05, 0.1) is 12.7 Å². The van der Waals surface area contributed by atoms with Crippen LogP contribution in [-0.4, -0.2) is 53.5 Å². The Hall–Kier alpha value is -1.77. The minimum atomic E-state index is -0.764. The van der Waals surface area contributed by atoms with Crippen molar-refractivity contribution in [1.29, 1.82) is 0 Å². The second-order valence-corrected chi connectivity index (χ2v) is 7.38. The summed E-state index contributed by atoms with van der Waals surface area (Å²) in [6, 6.07) is 0. The van der Waals surface area contributed by atoms with E-state index in [0.29, 0.717) is 0 Å². The van der Waals surface area contributed by atoms with Crippen molar-refractivity contribution in [2.45, 2.75) is 40.2 Å². The van der Waals surface area contributed by atoms with Crippen molar-refractivity contribution < 1.29 is 24.3 Å². The van der Waals surface area contributed by atoms with Gasteiger partial charge in [0, 0.05) is 42.5 Å². The van der Waals surface area contributed by atoms with Crippen LogP contribution in [0.2, 0.25) is 0 Å². The van der Waals surface area contributed by atoms with Gasteiger partial charge in [-0.15, -0.1) is 0 Å². The van der Waals surface area contributed by atoms with Crippen LogP contribution in [0, 0.1) is 10.8 Å². The Morgan fingerprint density at radius 2 is 1.79 bits per heavy atom. The highest BCUT2D eigenvalue weighted by Gasteiger charge is 2.40. The Kier molecular flexibility index (Phi) is 6.65. The molecule has 3 amide bonds. The molecule has 0 radical (unpaired) electrons. The highest BCUT2D eigenvalue weighted by atomic mass is 16.6. The summed E-state index contributed by atoms with van der Waals surface area (Å²) in [5.74, 6) is 3.98. The lowest BCUT2D eigenvalue weighted by Crippen LogP contribution is -2.50. The molecule has 0 fully saturated rings. The van der Waals surface area contributed by atoms with E-state index in [0.717, 1.165) is 4.90 Å². The van der Waals surface area contributed by atoms with E-state index in [4.69, 9.17) is 5.90 Å². The van der Waals surface area contributed by atoms with Gasteiger partial charge in [0.1, 0.15) is 0 Å². The molecule has 1 heterocycles. The number of carbonyl (C=O) groups is 3. The van der Waals surface area contributed by atoms with E-state index in [1.165, 1.54) is 12.2 Å². The number of nitrogens with two attached hydrogens (primary N) is 1. The molecule has 1 unspecified atom stereocenters. The van der Waals surface area contributed by atoms with Crippen LogP contribution in [0.15, 0.2) is 12.2 Å². The first kappa shape index (κ1) is 20.3. The Bertz CT molecular complexity index is 510. The van der Waals surface area contributed by atoms with E-state index < -0.39 is 28.7 Å². The zero-order valence-electron chi connectivity index (χ0n) is 14.7. The molecule has 0 aromatic carbocycles. The molecule has 4 N–H and O–H groups in total. The zero-order valence-corrected chi connectivity index (χ0v) is 14.7. The molecular formula is C16H27N3O5. The van der Waals surface area contributed by atoms with Gasteiger partial charge in [-0.25, -0.2) is 5.90 Å². The maximum absolute atomic E-state index is 12.0. The zero-order chi connectivity index (χ0) is 18.5. The van der Waals surface area contributed by atoms with Crippen LogP contribution in [0.4, 0.5) is 0 Å². The van der Waals surface area contributed by atoms with E-state index >= 15 is 0 Å². The number of nitrogens with one attached hydrogen (secondary N) is 1.